The fraction of sp³-hybridized carbons (Fsp3) is 0.600. The Labute approximate surface area is 200 Å². The van der Waals surface area contributed by atoms with E-state index in [4.69, 9.17) is 9.47 Å². The Hall–Kier alpha value is -2.65. The van der Waals surface area contributed by atoms with Crippen LogP contribution in [0.5, 0.6) is 5.75 Å². The molecule has 0 radical (unpaired) electrons. The maximum atomic E-state index is 14.1. The second kappa shape index (κ2) is 11.9. The van der Waals surface area contributed by atoms with Gasteiger partial charge in [-0.3, -0.25) is 4.79 Å². The van der Waals surface area contributed by atoms with Gasteiger partial charge in [-0.1, -0.05) is 6.58 Å². The van der Waals surface area contributed by atoms with E-state index in [9.17, 15) is 31.5 Å². The van der Waals surface area contributed by atoms with Crippen molar-refractivity contribution in [2.75, 3.05) is 6.61 Å². The van der Waals surface area contributed by atoms with E-state index < -0.39 is 35.7 Å². The molecular weight excluding hydrogens is 475 g/mol. The van der Waals surface area contributed by atoms with Gasteiger partial charge in [0, 0.05) is 6.08 Å². The van der Waals surface area contributed by atoms with E-state index in [0.717, 1.165) is 56.7 Å². The molecule has 0 heterocycles. The summed E-state index contributed by atoms with van der Waals surface area (Å²) in [5.74, 6) is -4.34. The van der Waals surface area contributed by atoms with Gasteiger partial charge in [0.2, 0.25) is 5.75 Å². The van der Waals surface area contributed by atoms with E-state index in [0.29, 0.717) is 30.2 Å². The van der Waals surface area contributed by atoms with Gasteiger partial charge in [-0.15, -0.1) is 13.2 Å². The maximum absolute atomic E-state index is 14.1. The molecule has 35 heavy (non-hydrogen) atoms. The lowest BCUT2D eigenvalue weighted by Crippen LogP contribution is -2.29. The number of ether oxygens (including phenoxy) is 3. The number of benzene rings is 1. The van der Waals surface area contributed by atoms with Gasteiger partial charge in [0.1, 0.15) is 12.7 Å². The summed E-state index contributed by atoms with van der Waals surface area (Å²) in [7, 11) is 0. The van der Waals surface area contributed by atoms with E-state index >= 15 is 0 Å². The standard InChI is InChI=1S/C25H29F5O5/c1-2-22(31)33-12-11-23(32)34-19-9-7-16(8-10-19)15-3-5-17(6-4-15)18-13-20(26)24(21(27)14-18)35-25(28,29)30/h2,13-17,19H,1,3-12H2. The summed E-state index contributed by atoms with van der Waals surface area (Å²) in [4.78, 5) is 22.9. The zero-order valence-electron chi connectivity index (χ0n) is 19.3. The quantitative estimate of drug-likeness (QED) is 0.234. The van der Waals surface area contributed by atoms with Crippen LogP contribution in [0.15, 0.2) is 24.8 Å². The van der Waals surface area contributed by atoms with Crippen LogP contribution in [0, 0.1) is 23.5 Å². The summed E-state index contributed by atoms with van der Waals surface area (Å²) in [6.45, 7) is 3.23. The second-order valence-corrected chi connectivity index (χ2v) is 9.12. The predicted molar refractivity (Wildman–Crippen MR) is 115 cm³/mol. The SMILES string of the molecule is C=CC(=O)OCCC(=O)OC1CCC(C2CCC(c3cc(F)c(OC(F)(F)F)c(F)c3)CC2)CC1. The normalized spacial score (nSPS) is 24.9. The van der Waals surface area contributed by atoms with Crippen molar-refractivity contribution in [3.8, 4) is 5.75 Å². The third kappa shape index (κ3) is 7.93. The van der Waals surface area contributed by atoms with Crippen molar-refractivity contribution in [2.24, 2.45) is 11.8 Å². The van der Waals surface area contributed by atoms with Crippen molar-refractivity contribution in [2.45, 2.75) is 76.2 Å². The Morgan fingerprint density at radius 2 is 1.49 bits per heavy atom. The minimum absolute atomic E-state index is 0.00593. The van der Waals surface area contributed by atoms with E-state index in [2.05, 4.69) is 11.3 Å². The number of carbonyl (C=O) groups is 2. The van der Waals surface area contributed by atoms with Crippen LogP contribution in [-0.2, 0) is 19.1 Å². The lowest BCUT2D eigenvalue weighted by molar-refractivity contribution is -0.276. The van der Waals surface area contributed by atoms with Gasteiger partial charge in [-0.25, -0.2) is 13.6 Å². The Morgan fingerprint density at radius 1 is 0.943 bits per heavy atom. The van der Waals surface area contributed by atoms with Crippen molar-refractivity contribution in [1.82, 2.24) is 0 Å². The number of halogens is 5. The lowest BCUT2D eigenvalue weighted by Gasteiger charge is -2.37. The molecule has 0 amide bonds. The van der Waals surface area contributed by atoms with Crippen molar-refractivity contribution >= 4 is 11.9 Å². The molecular formula is C25H29F5O5. The topological polar surface area (TPSA) is 61.8 Å². The minimum atomic E-state index is -5.17. The number of esters is 2. The van der Waals surface area contributed by atoms with Gasteiger partial charge in [-0.2, -0.15) is 0 Å². The third-order valence-electron chi connectivity index (χ3n) is 6.88. The van der Waals surface area contributed by atoms with Crippen LogP contribution in [0.4, 0.5) is 22.0 Å². The summed E-state index contributed by atoms with van der Waals surface area (Å²) in [6, 6.07) is 1.88. The summed E-state index contributed by atoms with van der Waals surface area (Å²) in [6.07, 6.45) is 2.12. The van der Waals surface area contributed by atoms with Crippen LogP contribution < -0.4 is 4.74 Å². The van der Waals surface area contributed by atoms with Gasteiger partial charge < -0.3 is 14.2 Å². The molecule has 2 fully saturated rings. The molecule has 5 nitrogen and oxygen atoms in total. The van der Waals surface area contributed by atoms with E-state index in [1.54, 1.807) is 0 Å². The summed E-state index contributed by atoms with van der Waals surface area (Å²) >= 11 is 0. The van der Waals surface area contributed by atoms with Crippen LogP contribution in [-0.4, -0.2) is 31.0 Å². The average Bonchev–Trinajstić information content (AvgIpc) is 2.81. The smallest absolute Gasteiger partial charge is 0.462 e. The highest BCUT2D eigenvalue weighted by atomic mass is 19.4. The predicted octanol–water partition coefficient (Wildman–Crippen LogP) is 6.36. The summed E-state index contributed by atoms with van der Waals surface area (Å²) in [5.41, 5.74) is 0.349. The van der Waals surface area contributed by atoms with Crippen LogP contribution in [0.2, 0.25) is 0 Å². The number of rotatable bonds is 8. The molecule has 1 aromatic carbocycles. The largest absolute Gasteiger partial charge is 0.573 e. The number of hydrogen-bond donors (Lipinski definition) is 0. The molecule has 2 aliphatic rings. The fourth-order valence-corrected chi connectivity index (χ4v) is 5.17. The first-order valence-electron chi connectivity index (χ1n) is 11.8. The Kier molecular flexibility index (Phi) is 9.13. The maximum Gasteiger partial charge on any atom is 0.573 e. The molecule has 0 unspecified atom stereocenters. The molecule has 2 saturated carbocycles. The molecule has 0 atom stereocenters. The van der Waals surface area contributed by atoms with Crippen molar-refractivity contribution in [3.63, 3.8) is 0 Å². The molecule has 0 aromatic heterocycles. The average molecular weight is 504 g/mol. The number of alkyl halides is 3. The van der Waals surface area contributed by atoms with Gasteiger partial charge >= 0.3 is 18.3 Å². The first-order valence-corrected chi connectivity index (χ1v) is 11.8. The molecule has 0 aliphatic heterocycles. The van der Waals surface area contributed by atoms with Crippen LogP contribution in [0.1, 0.15) is 69.3 Å². The molecule has 10 heteroatoms. The third-order valence-corrected chi connectivity index (χ3v) is 6.88. The van der Waals surface area contributed by atoms with Crippen LogP contribution in [0.25, 0.3) is 0 Å². The monoisotopic (exact) mass is 504 g/mol. The zero-order chi connectivity index (χ0) is 25.6. The molecule has 0 saturated heterocycles. The van der Waals surface area contributed by atoms with Gasteiger partial charge in [0.05, 0.1) is 6.42 Å². The Morgan fingerprint density at radius 3 is 2.00 bits per heavy atom. The molecule has 0 bridgehead atoms. The minimum Gasteiger partial charge on any atom is -0.462 e. The first-order chi connectivity index (χ1) is 16.6. The van der Waals surface area contributed by atoms with E-state index in [1.165, 1.54) is 0 Å². The highest BCUT2D eigenvalue weighted by Gasteiger charge is 2.36. The Bertz CT molecular complexity index is 877. The van der Waals surface area contributed by atoms with Gasteiger partial charge in [-0.05, 0) is 86.8 Å². The molecule has 2 aliphatic carbocycles. The fourth-order valence-electron chi connectivity index (χ4n) is 5.17. The highest BCUT2D eigenvalue weighted by Crippen LogP contribution is 2.44. The summed E-state index contributed by atoms with van der Waals surface area (Å²) in [5, 5.41) is 0. The molecule has 194 valence electrons. The first kappa shape index (κ1) is 26.9. The van der Waals surface area contributed by atoms with Crippen molar-refractivity contribution in [3.05, 3.63) is 42.0 Å². The zero-order valence-corrected chi connectivity index (χ0v) is 19.3. The molecule has 0 spiro atoms. The number of hydrogen-bond acceptors (Lipinski definition) is 5. The number of carbonyl (C=O) groups excluding carboxylic acids is 2. The lowest BCUT2D eigenvalue weighted by atomic mass is 9.69. The molecule has 3 rings (SSSR count). The highest BCUT2D eigenvalue weighted by molar-refractivity contribution is 5.81. The molecule has 0 N–H and O–H groups in total. The summed E-state index contributed by atoms with van der Waals surface area (Å²) < 4.78 is 78.9. The molecule has 1 aromatic rings. The van der Waals surface area contributed by atoms with Gasteiger partial charge in [0.15, 0.2) is 11.6 Å². The van der Waals surface area contributed by atoms with Gasteiger partial charge in [0.25, 0.3) is 0 Å². The second-order valence-electron chi connectivity index (χ2n) is 9.12. The van der Waals surface area contributed by atoms with Crippen molar-refractivity contribution < 1.29 is 45.8 Å². The van der Waals surface area contributed by atoms with E-state index in [-0.39, 0.29) is 25.0 Å². The van der Waals surface area contributed by atoms with E-state index in [1.807, 2.05) is 0 Å². The van der Waals surface area contributed by atoms with Crippen LogP contribution >= 0.6 is 0 Å². The Balaban J connectivity index is 1.43. The van der Waals surface area contributed by atoms with Crippen LogP contribution in [0.3, 0.4) is 0 Å². The van der Waals surface area contributed by atoms with Crippen molar-refractivity contribution in [1.29, 1.82) is 0 Å².